The van der Waals surface area contributed by atoms with Crippen molar-refractivity contribution in [3.05, 3.63) is 28.8 Å². The first-order valence-electron chi connectivity index (χ1n) is 7.23. The number of hydrogen-bond donors (Lipinski definition) is 1. The summed E-state index contributed by atoms with van der Waals surface area (Å²) in [6, 6.07) is 5.67. The van der Waals surface area contributed by atoms with E-state index in [1.54, 1.807) is 18.2 Å². The lowest BCUT2D eigenvalue weighted by atomic mass is 9.99. The first-order chi connectivity index (χ1) is 9.65. The van der Waals surface area contributed by atoms with Crippen molar-refractivity contribution in [3.63, 3.8) is 0 Å². The van der Waals surface area contributed by atoms with Crippen molar-refractivity contribution in [2.45, 2.75) is 25.3 Å². The van der Waals surface area contributed by atoms with Crippen LogP contribution in [-0.2, 0) is 0 Å². The molecule has 2 aliphatic heterocycles. The smallest absolute Gasteiger partial charge is 0.254 e. The van der Waals surface area contributed by atoms with Crippen LogP contribution in [0, 0.1) is 0 Å². The normalized spacial score (nSPS) is 23.4. The van der Waals surface area contributed by atoms with Gasteiger partial charge in [0.2, 0.25) is 0 Å². The molecule has 5 heteroatoms. The number of rotatable bonds is 1. The molecule has 3 rings (SSSR count). The summed E-state index contributed by atoms with van der Waals surface area (Å²) in [6.45, 7) is 3.80. The highest BCUT2D eigenvalue weighted by atomic mass is 35.5. The zero-order valence-corrected chi connectivity index (χ0v) is 12.3. The van der Waals surface area contributed by atoms with Gasteiger partial charge in [0.15, 0.2) is 0 Å². The highest BCUT2D eigenvalue weighted by Gasteiger charge is 2.31. The van der Waals surface area contributed by atoms with E-state index >= 15 is 0 Å². The fourth-order valence-electron chi connectivity index (χ4n) is 3.18. The standard InChI is InChI=1S/C15H20ClN3O/c16-13-9-11(4-5-14(13)17)15(20)19-8-7-18-6-2-1-3-12(18)10-19/h4-5,9,12H,1-3,6-8,10,17H2. The number of fused-ring (bicyclic) bond motifs is 1. The van der Waals surface area contributed by atoms with Crippen LogP contribution in [0.4, 0.5) is 5.69 Å². The zero-order chi connectivity index (χ0) is 14.1. The SMILES string of the molecule is Nc1ccc(C(=O)N2CCN3CCCCC3C2)cc1Cl. The molecule has 0 aliphatic carbocycles. The Balaban J connectivity index is 1.72. The van der Waals surface area contributed by atoms with Gasteiger partial charge in [-0.25, -0.2) is 0 Å². The van der Waals surface area contributed by atoms with Crippen LogP contribution in [0.25, 0.3) is 0 Å². The number of piperidine rings is 1. The number of carbonyl (C=O) groups excluding carboxylic acids is 1. The van der Waals surface area contributed by atoms with Crippen molar-refractivity contribution in [1.29, 1.82) is 0 Å². The summed E-state index contributed by atoms with van der Waals surface area (Å²) in [7, 11) is 0. The van der Waals surface area contributed by atoms with Crippen molar-refractivity contribution in [2.75, 3.05) is 31.9 Å². The second-order valence-electron chi connectivity index (χ2n) is 5.67. The first kappa shape index (κ1) is 13.7. The second kappa shape index (κ2) is 5.62. The van der Waals surface area contributed by atoms with Crippen molar-refractivity contribution < 1.29 is 4.79 Å². The van der Waals surface area contributed by atoms with Gasteiger partial charge < -0.3 is 10.6 Å². The van der Waals surface area contributed by atoms with Gasteiger partial charge in [0, 0.05) is 31.2 Å². The van der Waals surface area contributed by atoms with Crippen molar-refractivity contribution >= 4 is 23.2 Å². The number of carbonyl (C=O) groups is 1. The van der Waals surface area contributed by atoms with Crippen LogP contribution < -0.4 is 5.73 Å². The molecule has 0 radical (unpaired) electrons. The molecular formula is C15H20ClN3O. The summed E-state index contributed by atoms with van der Waals surface area (Å²) >= 11 is 6.00. The molecule has 1 atom stereocenters. The molecule has 2 N–H and O–H groups in total. The number of anilines is 1. The number of hydrogen-bond acceptors (Lipinski definition) is 3. The van der Waals surface area contributed by atoms with Crippen LogP contribution in [0.15, 0.2) is 18.2 Å². The lowest BCUT2D eigenvalue weighted by Crippen LogP contribution is -2.56. The molecule has 2 saturated heterocycles. The summed E-state index contributed by atoms with van der Waals surface area (Å²) < 4.78 is 0. The van der Waals surface area contributed by atoms with Gasteiger partial charge >= 0.3 is 0 Å². The third-order valence-corrected chi connectivity index (χ3v) is 4.70. The van der Waals surface area contributed by atoms with Gasteiger partial charge in [-0.3, -0.25) is 9.69 Å². The van der Waals surface area contributed by atoms with Gasteiger partial charge in [-0.2, -0.15) is 0 Å². The van der Waals surface area contributed by atoms with E-state index < -0.39 is 0 Å². The van der Waals surface area contributed by atoms with E-state index in [4.69, 9.17) is 17.3 Å². The Kier molecular flexibility index (Phi) is 3.85. The lowest BCUT2D eigenvalue weighted by molar-refractivity contribution is 0.0372. The molecule has 0 aromatic heterocycles. The summed E-state index contributed by atoms with van der Waals surface area (Å²) in [5.41, 5.74) is 6.84. The highest BCUT2D eigenvalue weighted by Crippen LogP contribution is 2.24. The van der Waals surface area contributed by atoms with Crippen LogP contribution in [-0.4, -0.2) is 47.9 Å². The van der Waals surface area contributed by atoms with Crippen LogP contribution >= 0.6 is 11.6 Å². The molecule has 1 unspecified atom stereocenters. The summed E-state index contributed by atoms with van der Waals surface area (Å²) in [5.74, 6) is 0.0668. The van der Waals surface area contributed by atoms with Crippen molar-refractivity contribution in [3.8, 4) is 0 Å². The van der Waals surface area contributed by atoms with Crippen LogP contribution in [0.1, 0.15) is 29.6 Å². The van der Waals surface area contributed by atoms with Crippen LogP contribution in [0.3, 0.4) is 0 Å². The van der Waals surface area contributed by atoms with Gasteiger partial charge in [-0.1, -0.05) is 18.0 Å². The summed E-state index contributed by atoms with van der Waals surface area (Å²) in [5, 5.41) is 0.451. The Hall–Kier alpha value is -1.26. The Bertz CT molecular complexity index is 520. The maximum atomic E-state index is 12.5. The van der Waals surface area contributed by atoms with Gasteiger partial charge in [0.1, 0.15) is 0 Å². The third-order valence-electron chi connectivity index (χ3n) is 4.37. The first-order valence-corrected chi connectivity index (χ1v) is 7.61. The lowest BCUT2D eigenvalue weighted by Gasteiger charge is -2.44. The summed E-state index contributed by atoms with van der Waals surface area (Å²) in [4.78, 5) is 17.0. The molecule has 0 bridgehead atoms. The number of piperazine rings is 1. The predicted molar refractivity (Wildman–Crippen MR) is 81.0 cm³/mol. The minimum Gasteiger partial charge on any atom is -0.398 e. The van der Waals surface area contributed by atoms with E-state index in [1.807, 2.05) is 4.90 Å². The number of nitrogens with two attached hydrogens (primary N) is 1. The molecule has 1 aromatic carbocycles. The fraction of sp³-hybridized carbons (Fsp3) is 0.533. The average molecular weight is 294 g/mol. The third kappa shape index (κ3) is 2.63. The minimum atomic E-state index is 0.0668. The quantitative estimate of drug-likeness (QED) is 0.808. The van der Waals surface area contributed by atoms with Gasteiger partial charge in [-0.05, 0) is 37.6 Å². The van der Waals surface area contributed by atoms with Gasteiger partial charge in [0.05, 0.1) is 10.7 Å². The number of amides is 1. The molecule has 108 valence electrons. The molecule has 2 fully saturated rings. The van der Waals surface area contributed by atoms with Gasteiger partial charge in [-0.15, -0.1) is 0 Å². The highest BCUT2D eigenvalue weighted by molar-refractivity contribution is 6.33. The Labute approximate surface area is 124 Å². The topological polar surface area (TPSA) is 49.6 Å². The van der Waals surface area contributed by atoms with E-state index in [2.05, 4.69) is 4.90 Å². The zero-order valence-electron chi connectivity index (χ0n) is 11.5. The molecule has 1 amide bonds. The maximum absolute atomic E-state index is 12.5. The van der Waals surface area contributed by atoms with Crippen molar-refractivity contribution in [2.24, 2.45) is 0 Å². The average Bonchev–Trinajstić information content (AvgIpc) is 2.49. The molecule has 4 nitrogen and oxygen atoms in total. The van der Waals surface area contributed by atoms with E-state index in [1.165, 1.54) is 25.8 Å². The molecule has 20 heavy (non-hydrogen) atoms. The molecular weight excluding hydrogens is 274 g/mol. The van der Waals surface area contributed by atoms with E-state index in [0.29, 0.717) is 22.3 Å². The number of nitrogen functional groups attached to an aromatic ring is 1. The second-order valence-corrected chi connectivity index (χ2v) is 6.08. The maximum Gasteiger partial charge on any atom is 0.254 e. The Morgan fingerprint density at radius 3 is 2.90 bits per heavy atom. The number of nitrogens with zero attached hydrogens (tertiary/aromatic N) is 2. The van der Waals surface area contributed by atoms with Crippen LogP contribution in [0.2, 0.25) is 5.02 Å². The minimum absolute atomic E-state index is 0.0668. The fourth-order valence-corrected chi connectivity index (χ4v) is 3.36. The van der Waals surface area contributed by atoms with Crippen molar-refractivity contribution in [1.82, 2.24) is 9.80 Å². The molecule has 0 spiro atoms. The Morgan fingerprint density at radius 1 is 1.25 bits per heavy atom. The molecule has 1 aromatic rings. The van der Waals surface area contributed by atoms with E-state index in [9.17, 15) is 4.79 Å². The summed E-state index contributed by atoms with van der Waals surface area (Å²) in [6.07, 6.45) is 3.77. The Morgan fingerprint density at radius 2 is 2.10 bits per heavy atom. The van der Waals surface area contributed by atoms with Crippen LogP contribution in [0.5, 0.6) is 0 Å². The predicted octanol–water partition coefficient (Wildman–Crippen LogP) is 2.23. The number of benzene rings is 1. The van der Waals surface area contributed by atoms with E-state index in [0.717, 1.165) is 19.6 Å². The molecule has 0 saturated carbocycles. The largest absolute Gasteiger partial charge is 0.398 e. The van der Waals surface area contributed by atoms with E-state index in [-0.39, 0.29) is 5.91 Å². The number of halogens is 1. The molecule has 2 aliphatic rings. The monoisotopic (exact) mass is 293 g/mol. The van der Waals surface area contributed by atoms with Gasteiger partial charge in [0.25, 0.3) is 5.91 Å². The molecule has 2 heterocycles.